The first-order valence-corrected chi connectivity index (χ1v) is 6.01. The van der Waals surface area contributed by atoms with Crippen molar-refractivity contribution in [2.75, 3.05) is 0 Å². The van der Waals surface area contributed by atoms with Gasteiger partial charge in [-0.25, -0.2) is 0 Å². The zero-order valence-electron chi connectivity index (χ0n) is 9.77. The fraction of sp³-hybridized carbons (Fsp3) is 0. The van der Waals surface area contributed by atoms with Crippen LogP contribution in [-0.2, 0) is 0 Å². The first kappa shape index (κ1) is 9.78. The fourth-order valence-corrected chi connectivity index (χ4v) is 2.64. The molecule has 2 heteroatoms. The summed E-state index contributed by atoms with van der Waals surface area (Å²) in [5.41, 5.74) is 2.97. The van der Waals surface area contributed by atoms with Gasteiger partial charge in [0.15, 0.2) is 0 Å². The maximum absolute atomic E-state index is 6.01. The van der Waals surface area contributed by atoms with Crippen LogP contribution in [0.2, 0.25) is 0 Å². The number of aromatic nitrogens is 1. The Balaban J connectivity index is 2.27. The third kappa shape index (κ3) is 1.23. The van der Waals surface area contributed by atoms with E-state index in [1.165, 1.54) is 21.5 Å². The van der Waals surface area contributed by atoms with Gasteiger partial charge in [0.05, 0.1) is 0 Å². The number of hydrogen-bond donors (Lipinski definition) is 1. The molecule has 1 aromatic heterocycles. The molecule has 0 aliphatic heterocycles. The van der Waals surface area contributed by atoms with Crippen LogP contribution in [0.4, 0.5) is 0 Å². The van der Waals surface area contributed by atoms with E-state index in [-0.39, 0.29) is 0 Å². The lowest BCUT2D eigenvalue weighted by molar-refractivity contribution is 1.57. The molecule has 0 amide bonds. The van der Waals surface area contributed by atoms with Gasteiger partial charge < -0.3 is 4.98 Å². The Bertz CT molecular complexity index is 889. The van der Waals surface area contributed by atoms with Crippen molar-refractivity contribution in [2.45, 2.75) is 0 Å². The van der Waals surface area contributed by atoms with Gasteiger partial charge in [-0.05, 0) is 22.9 Å². The molecular formula is C16H10BN. The highest BCUT2D eigenvalue weighted by atomic mass is 14.7. The van der Waals surface area contributed by atoms with Crippen LogP contribution >= 0.6 is 0 Å². The van der Waals surface area contributed by atoms with Gasteiger partial charge >= 0.3 is 0 Å². The van der Waals surface area contributed by atoms with Gasteiger partial charge in [-0.3, -0.25) is 0 Å². The van der Waals surface area contributed by atoms with Gasteiger partial charge in [0, 0.05) is 21.8 Å². The number of rotatable bonds is 0. The predicted octanol–water partition coefficient (Wildman–Crippen LogP) is 3.27. The Labute approximate surface area is 106 Å². The summed E-state index contributed by atoms with van der Waals surface area (Å²) in [6, 6.07) is 18.8. The molecule has 0 fully saturated rings. The molecule has 4 aromatic rings. The van der Waals surface area contributed by atoms with E-state index in [1.54, 1.807) is 0 Å². The molecular weight excluding hydrogens is 217 g/mol. The third-order valence-electron chi connectivity index (χ3n) is 3.53. The van der Waals surface area contributed by atoms with Crippen molar-refractivity contribution in [3.63, 3.8) is 0 Å². The van der Waals surface area contributed by atoms with E-state index in [1.807, 2.05) is 12.1 Å². The first-order valence-electron chi connectivity index (χ1n) is 6.01. The van der Waals surface area contributed by atoms with Gasteiger partial charge in [0.2, 0.25) is 0 Å². The van der Waals surface area contributed by atoms with Crippen LogP contribution in [0.25, 0.3) is 32.6 Å². The highest BCUT2D eigenvalue weighted by molar-refractivity contribution is 6.39. The number of nitrogens with one attached hydrogen (secondary N) is 1. The largest absolute Gasteiger partial charge is 0.355 e. The number of fused-ring (bicyclic) bond motifs is 4. The van der Waals surface area contributed by atoms with Crippen LogP contribution < -0.4 is 5.46 Å². The molecule has 0 bridgehead atoms. The summed E-state index contributed by atoms with van der Waals surface area (Å²) in [5.74, 6) is 0. The molecule has 1 N–H and O–H groups in total. The number of aromatic amines is 1. The average Bonchev–Trinajstić information content (AvgIpc) is 2.76. The van der Waals surface area contributed by atoms with Crippen molar-refractivity contribution in [1.29, 1.82) is 0 Å². The minimum atomic E-state index is 0.799. The molecule has 4 rings (SSSR count). The summed E-state index contributed by atoms with van der Waals surface area (Å²) in [5, 5.41) is 4.93. The smallest absolute Gasteiger partial charge is 0.116 e. The molecule has 0 aliphatic rings. The zero-order valence-corrected chi connectivity index (χ0v) is 9.77. The Kier molecular flexibility index (Phi) is 1.84. The molecule has 3 aromatic carbocycles. The average molecular weight is 227 g/mol. The van der Waals surface area contributed by atoms with Crippen LogP contribution in [0.1, 0.15) is 0 Å². The molecule has 0 aliphatic carbocycles. The highest BCUT2D eigenvalue weighted by Crippen LogP contribution is 2.28. The SMILES string of the molecule is [B]c1cccc2c1[nH]c1cc3ccccc3cc12. The van der Waals surface area contributed by atoms with Crippen molar-refractivity contribution in [1.82, 2.24) is 4.98 Å². The first-order chi connectivity index (χ1) is 8.83. The summed E-state index contributed by atoms with van der Waals surface area (Å²) in [4.78, 5) is 3.41. The Morgan fingerprint density at radius 3 is 2.39 bits per heavy atom. The van der Waals surface area contributed by atoms with E-state index in [0.717, 1.165) is 16.5 Å². The van der Waals surface area contributed by atoms with E-state index < -0.39 is 0 Å². The van der Waals surface area contributed by atoms with E-state index in [4.69, 9.17) is 7.85 Å². The van der Waals surface area contributed by atoms with Crippen molar-refractivity contribution in [3.05, 3.63) is 54.6 Å². The lowest BCUT2D eigenvalue weighted by atomic mass is 9.93. The Morgan fingerprint density at radius 2 is 1.56 bits per heavy atom. The molecule has 1 nitrogen and oxygen atoms in total. The standard InChI is InChI=1S/C16H10BN/c17-14-7-3-6-12-13-8-10-4-1-2-5-11(10)9-15(13)18-16(12)14/h1-9,18H. The lowest BCUT2D eigenvalue weighted by Crippen LogP contribution is -2.01. The zero-order chi connectivity index (χ0) is 12.1. The van der Waals surface area contributed by atoms with Gasteiger partial charge in [-0.2, -0.15) is 0 Å². The predicted molar refractivity (Wildman–Crippen MR) is 78.7 cm³/mol. The van der Waals surface area contributed by atoms with Gasteiger partial charge in [-0.15, -0.1) is 0 Å². The number of hydrogen-bond acceptors (Lipinski definition) is 0. The van der Waals surface area contributed by atoms with Crippen LogP contribution in [-0.4, -0.2) is 12.8 Å². The molecule has 82 valence electrons. The number of H-pyrrole nitrogens is 1. The van der Waals surface area contributed by atoms with Crippen molar-refractivity contribution in [2.24, 2.45) is 0 Å². The van der Waals surface area contributed by atoms with Gasteiger partial charge in [-0.1, -0.05) is 47.9 Å². The minimum absolute atomic E-state index is 0.799. The summed E-state index contributed by atoms with van der Waals surface area (Å²) in [6.07, 6.45) is 0. The van der Waals surface area contributed by atoms with Crippen LogP contribution in [0.15, 0.2) is 54.6 Å². The van der Waals surface area contributed by atoms with Crippen molar-refractivity contribution < 1.29 is 0 Å². The van der Waals surface area contributed by atoms with E-state index in [9.17, 15) is 0 Å². The second kappa shape index (κ2) is 3.39. The van der Waals surface area contributed by atoms with Crippen LogP contribution in [0.3, 0.4) is 0 Å². The molecule has 2 radical (unpaired) electrons. The van der Waals surface area contributed by atoms with E-state index >= 15 is 0 Å². The summed E-state index contributed by atoms with van der Waals surface area (Å²) < 4.78 is 0. The highest BCUT2D eigenvalue weighted by Gasteiger charge is 2.06. The lowest BCUT2D eigenvalue weighted by Gasteiger charge is -1.98. The maximum atomic E-state index is 6.01. The quantitative estimate of drug-likeness (QED) is 0.444. The molecule has 0 saturated heterocycles. The monoisotopic (exact) mass is 227 g/mol. The molecule has 0 unspecified atom stereocenters. The summed E-state index contributed by atoms with van der Waals surface area (Å²) in [7, 11) is 6.01. The maximum Gasteiger partial charge on any atom is 0.116 e. The Hall–Kier alpha value is -2.22. The van der Waals surface area contributed by atoms with Crippen molar-refractivity contribution in [3.8, 4) is 0 Å². The van der Waals surface area contributed by atoms with Crippen LogP contribution in [0, 0.1) is 0 Å². The van der Waals surface area contributed by atoms with E-state index in [0.29, 0.717) is 0 Å². The summed E-state index contributed by atoms with van der Waals surface area (Å²) >= 11 is 0. The van der Waals surface area contributed by atoms with Gasteiger partial charge in [0.1, 0.15) is 7.85 Å². The molecule has 0 spiro atoms. The number of para-hydroxylation sites is 1. The molecule has 18 heavy (non-hydrogen) atoms. The van der Waals surface area contributed by atoms with Crippen molar-refractivity contribution >= 4 is 45.9 Å². The topological polar surface area (TPSA) is 15.8 Å². The second-order valence-corrected chi connectivity index (χ2v) is 4.64. The van der Waals surface area contributed by atoms with Gasteiger partial charge in [0.25, 0.3) is 0 Å². The summed E-state index contributed by atoms with van der Waals surface area (Å²) in [6.45, 7) is 0. The normalized spacial score (nSPS) is 11.6. The molecule has 0 saturated carbocycles. The second-order valence-electron chi connectivity index (χ2n) is 4.64. The fourth-order valence-electron chi connectivity index (χ4n) is 2.64. The molecule has 0 atom stereocenters. The van der Waals surface area contributed by atoms with E-state index in [2.05, 4.69) is 47.4 Å². The van der Waals surface area contributed by atoms with Crippen LogP contribution in [0.5, 0.6) is 0 Å². The Morgan fingerprint density at radius 1 is 0.778 bits per heavy atom. The molecule has 1 heterocycles. The third-order valence-corrected chi connectivity index (χ3v) is 3.53. The number of benzene rings is 3. The minimum Gasteiger partial charge on any atom is -0.355 e.